The van der Waals surface area contributed by atoms with E-state index in [1.807, 2.05) is 0 Å². The number of nitrogens with zero attached hydrogens (tertiary/aromatic N) is 1. The summed E-state index contributed by atoms with van der Waals surface area (Å²) in [6.07, 6.45) is 0. The van der Waals surface area contributed by atoms with Crippen LogP contribution in [0.5, 0.6) is 0 Å². The Morgan fingerprint density at radius 2 is 1.73 bits per heavy atom. The van der Waals surface area contributed by atoms with Crippen LogP contribution in [0.1, 0.15) is 27.7 Å². The summed E-state index contributed by atoms with van der Waals surface area (Å²) in [7, 11) is 0. The molecule has 0 aromatic rings. The molecule has 1 nitrogen and oxygen atoms in total. The third-order valence-electron chi connectivity index (χ3n) is 1.70. The number of hydrogen-bond donors (Lipinski definition) is 0. The highest BCUT2D eigenvalue weighted by atomic mass is 79.9. The highest BCUT2D eigenvalue weighted by molar-refractivity contribution is 9.09. The summed E-state index contributed by atoms with van der Waals surface area (Å²) in [6, 6.07) is 0.676. The second-order valence-corrected chi connectivity index (χ2v) is 4.46. The predicted molar refractivity (Wildman–Crippen MR) is 55.3 cm³/mol. The molecule has 0 aliphatic heterocycles. The van der Waals surface area contributed by atoms with Crippen molar-refractivity contribution in [3.8, 4) is 0 Å². The molecule has 0 atom stereocenters. The minimum atomic E-state index is 0.676. The molecule has 0 rings (SSSR count). The average Bonchev–Trinajstić information content (AvgIpc) is 1.86. The molecule has 0 amide bonds. The van der Waals surface area contributed by atoms with Gasteiger partial charge in [-0.25, -0.2) is 0 Å². The minimum absolute atomic E-state index is 0.676. The normalized spacial score (nSPS) is 12.0. The van der Waals surface area contributed by atoms with Crippen molar-refractivity contribution in [2.75, 3.05) is 18.4 Å². The molecule has 0 heterocycles. The molecule has 0 aliphatic carbocycles. The smallest absolute Gasteiger partial charge is 0.0159 e. The van der Waals surface area contributed by atoms with E-state index in [1.54, 1.807) is 0 Å². The van der Waals surface area contributed by atoms with Crippen LogP contribution in [0.15, 0.2) is 0 Å². The molecule has 0 saturated carbocycles. The second kappa shape index (κ2) is 6.01. The highest BCUT2D eigenvalue weighted by Gasteiger charge is 2.09. The van der Waals surface area contributed by atoms with Crippen molar-refractivity contribution in [1.82, 2.24) is 4.90 Å². The molecule has 0 bridgehead atoms. The molecule has 11 heavy (non-hydrogen) atoms. The van der Waals surface area contributed by atoms with Crippen LogP contribution in [0.25, 0.3) is 0 Å². The fourth-order valence-corrected chi connectivity index (χ4v) is 1.59. The van der Waals surface area contributed by atoms with Gasteiger partial charge in [0.05, 0.1) is 0 Å². The lowest BCUT2D eigenvalue weighted by Gasteiger charge is -2.27. The summed E-state index contributed by atoms with van der Waals surface area (Å²) in [5.74, 6) is 0.774. The third-order valence-corrected chi connectivity index (χ3v) is 2.06. The van der Waals surface area contributed by atoms with Gasteiger partial charge < -0.3 is 0 Å². The Bertz CT molecular complexity index is 91.6. The van der Waals surface area contributed by atoms with E-state index in [9.17, 15) is 0 Å². The monoisotopic (exact) mass is 221 g/mol. The first-order chi connectivity index (χ1) is 5.07. The standard InChI is InChI=1S/C9H20BrN/c1-8(2)7-11(6-5-10)9(3)4/h8-9H,5-7H2,1-4H3. The third kappa shape index (κ3) is 5.68. The Labute approximate surface area is 79.3 Å². The van der Waals surface area contributed by atoms with E-state index < -0.39 is 0 Å². The Kier molecular flexibility index (Phi) is 6.25. The van der Waals surface area contributed by atoms with Gasteiger partial charge in [0.15, 0.2) is 0 Å². The van der Waals surface area contributed by atoms with E-state index in [0.717, 1.165) is 17.8 Å². The van der Waals surface area contributed by atoms with Gasteiger partial charge in [-0.1, -0.05) is 29.8 Å². The number of alkyl halides is 1. The average molecular weight is 222 g/mol. The zero-order valence-corrected chi connectivity index (χ0v) is 9.69. The molecule has 0 aliphatic rings. The van der Waals surface area contributed by atoms with Crippen molar-refractivity contribution in [3.63, 3.8) is 0 Å². The van der Waals surface area contributed by atoms with E-state index in [2.05, 4.69) is 48.5 Å². The quantitative estimate of drug-likeness (QED) is 0.646. The van der Waals surface area contributed by atoms with Crippen LogP contribution in [0.2, 0.25) is 0 Å². The van der Waals surface area contributed by atoms with E-state index in [4.69, 9.17) is 0 Å². The lowest BCUT2D eigenvalue weighted by molar-refractivity contribution is 0.210. The molecule has 0 radical (unpaired) electrons. The summed E-state index contributed by atoms with van der Waals surface area (Å²) in [5.41, 5.74) is 0. The lowest BCUT2D eigenvalue weighted by atomic mass is 10.2. The van der Waals surface area contributed by atoms with Gasteiger partial charge in [0.25, 0.3) is 0 Å². The first kappa shape index (κ1) is 11.4. The van der Waals surface area contributed by atoms with Crippen LogP contribution in [-0.4, -0.2) is 29.4 Å². The first-order valence-electron chi connectivity index (χ1n) is 4.38. The summed E-state index contributed by atoms with van der Waals surface area (Å²) in [4.78, 5) is 2.50. The Hall–Kier alpha value is 0.440. The molecule has 0 fully saturated rings. The lowest BCUT2D eigenvalue weighted by Crippen LogP contribution is -2.35. The number of hydrogen-bond acceptors (Lipinski definition) is 1. The van der Waals surface area contributed by atoms with Crippen molar-refractivity contribution in [3.05, 3.63) is 0 Å². The van der Waals surface area contributed by atoms with Crippen molar-refractivity contribution < 1.29 is 0 Å². The zero-order valence-electron chi connectivity index (χ0n) is 8.10. The summed E-state index contributed by atoms with van der Waals surface area (Å²) >= 11 is 3.47. The van der Waals surface area contributed by atoms with Crippen LogP contribution >= 0.6 is 15.9 Å². The van der Waals surface area contributed by atoms with Gasteiger partial charge in [0.1, 0.15) is 0 Å². The molecule has 68 valence electrons. The van der Waals surface area contributed by atoms with Crippen molar-refractivity contribution in [2.24, 2.45) is 5.92 Å². The van der Waals surface area contributed by atoms with E-state index in [-0.39, 0.29) is 0 Å². The number of rotatable bonds is 5. The van der Waals surface area contributed by atoms with Crippen LogP contribution in [-0.2, 0) is 0 Å². The fourth-order valence-electron chi connectivity index (χ4n) is 1.14. The molecule has 2 heteroatoms. The van der Waals surface area contributed by atoms with Crippen molar-refractivity contribution >= 4 is 15.9 Å². The molecular formula is C9H20BrN. The maximum absolute atomic E-state index is 3.47. The fraction of sp³-hybridized carbons (Fsp3) is 1.00. The van der Waals surface area contributed by atoms with Crippen LogP contribution in [0, 0.1) is 5.92 Å². The Morgan fingerprint density at radius 1 is 1.18 bits per heavy atom. The van der Waals surface area contributed by atoms with E-state index in [1.165, 1.54) is 6.54 Å². The van der Waals surface area contributed by atoms with E-state index in [0.29, 0.717) is 6.04 Å². The first-order valence-corrected chi connectivity index (χ1v) is 5.50. The largest absolute Gasteiger partial charge is 0.300 e. The van der Waals surface area contributed by atoms with Gasteiger partial charge >= 0.3 is 0 Å². The maximum Gasteiger partial charge on any atom is 0.0159 e. The SMILES string of the molecule is CC(C)CN(CCBr)C(C)C. The van der Waals surface area contributed by atoms with Gasteiger partial charge in [-0.3, -0.25) is 4.90 Å². The van der Waals surface area contributed by atoms with Crippen LogP contribution in [0.3, 0.4) is 0 Å². The Balaban J connectivity index is 3.69. The molecular weight excluding hydrogens is 202 g/mol. The van der Waals surface area contributed by atoms with E-state index >= 15 is 0 Å². The molecule has 0 aromatic carbocycles. The summed E-state index contributed by atoms with van der Waals surface area (Å²) in [5, 5.41) is 1.08. The van der Waals surface area contributed by atoms with Gasteiger partial charge in [-0.05, 0) is 19.8 Å². The number of halogens is 1. The van der Waals surface area contributed by atoms with Crippen LogP contribution < -0.4 is 0 Å². The second-order valence-electron chi connectivity index (χ2n) is 3.67. The maximum atomic E-state index is 3.47. The van der Waals surface area contributed by atoms with Crippen molar-refractivity contribution in [1.29, 1.82) is 0 Å². The van der Waals surface area contributed by atoms with Gasteiger partial charge in [0, 0.05) is 24.5 Å². The summed E-state index contributed by atoms with van der Waals surface area (Å²) in [6.45, 7) is 11.4. The summed E-state index contributed by atoms with van der Waals surface area (Å²) < 4.78 is 0. The molecule has 0 unspecified atom stereocenters. The van der Waals surface area contributed by atoms with Gasteiger partial charge in [-0.15, -0.1) is 0 Å². The topological polar surface area (TPSA) is 3.24 Å². The molecule has 0 N–H and O–H groups in total. The van der Waals surface area contributed by atoms with Crippen LogP contribution in [0.4, 0.5) is 0 Å². The zero-order chi connectivity index (χ0) is 8.85. The molecule has 0 aromatic heterocycles. The van der Waals surface area contributed by atoms with Gasteiger partial charge in [0.2, 0.25) is 0 Å². The van der Waals surface area contributed by atoms with Gasteiger partial charge in [-0.2, -0.15) is 0 Å². The molecule has 0 spiro atoms. The Morgan fingerprint density at radius 3 is 2.00 bits per heavy atom. The highest BCUT2D eigenvalue weighted by Crippen LogP contribution is 2.04. The molecule has 0 saturated heterocycles. The predicted octanol–water partition coefficient (Wildman–Crippen LogP) is 2.75. The van der Waals surface area contributed by atoms with Crippen molar-refractivity contribution in [2.45, 2.75) is 33.7 Å². The minimum Gasteiger partial charge on any atom is -0.300 e.